The van der Waals surface area contributed by atoms with Crippen LogP contribution in [0.3, 0.4) is 0 Å². The maximum absolute atomic E-state index is 7.27. The lowest BCUT2D eigenvalue weighted by Crippen LogP contribution is -2.70. The fourth-order valence-corrected chi connectivity index (χ4v) is 23.8. The van der Waals surface area contributed by atoms with Crippen LogP contribution in [0.2, 0.25) is 30.2 Å². The first kappa shape index (κ1) is 19.9. The molecular weight excluding hydrogens is 300 g/mol. The summed E-state index contributed by atoms with van der Waals surface area (Å²) in [7, 11) is -2.79. The van der Waals surface area contributed by atoms with Crippen LogP contribution in [0, 0.1) is 0 Å². The summed E-state index contributed by atoms with van der Waals surface area (Å²) in [6, 6.07) is 7.00. The molecule has 1 aliphatic rings. The van der Waals surface area contributed by atoms with Crippen LogP contribution < -0.4 is 0 Å². The van der Waals surface area contributed by atoms with Crippen molar-refractivity contribution in [1.82, 2.24) is 0 Å². The van der Waals surface area contributed by atoms with Crippen molar-refractivity contribution in [2.45, 2.75) is 95.6 Å². The van der Waals surface area contributed by atoms with Gasteiger partial charge in [-0.25, -0.2) is 0 Å². The molecule has 0 bridgehead atoms. The molecule has 0 radical (unpaired) electrons. The summed E-state index contributed by atoms with van der Waals surface area (Å²) in [6.45, 7) is 17.6. The average molecular weight is 339 g/mol. The summed E-state index contributed by atoms with van der Waals surface area (Å²) in [5, 5.41) is 0. The van der Waals surface area contributed by atoms with Crippen LogP contribution in [0.15, 0.2) is 25.3 Å². The van der Waals surface area contributed by atoms with Gasteiger partial charge in [0.2, 0.25) is 0 Å². The molecule has 1 saturated heterocycles. The molecule has 0 atom stereocenters. The highest BCUT2D eigenvalue weighted by Crippen LogP contribution is 2.49. The van der Waals surface area contributed by atoms with E-state index in [1.165, 1.54) is 36.6 Å². The SMILES string of the molecule is C=CCCC1(CCC=C)CC[Si](CC)(CC)[Si](CC)(CC)O1. The highest BCUT2D eigenvalue weighted by molar-refractivity contribution is 7.40. The smallest absolute Gasteiger partial charge is 0.180 e. The van der Waals surface area contributed by atoms with Gasteiger partial charge in [-0.15, -0.1) is 13.2 Å². The van der Waals surface area contributed by atoms with Crippen LogP contribution in [-0.4, -0.2) is 21.0 Å². The largest absolute Gasteiger partial charge is 0.414 e. The van der Waals surface area contributed by atoms with Gasteiger partial charge in [-0.05, 0) is 44.2 Å². The predicted octanol–water partition coefficient (Wildman–Crippen LogP) is 6.63. The Morgan fingerprint density at radius 1 is 0.909 bits per heavy atom. The average Bonchev–Trinajstić information content (AvgIpc) is 2.58. The van der Waals surface area contributed by atoms with E-state index in [1.54, 1.807) is 0 Å². The zero-order chi connectivity index (χ0) is 16.7. The van der Waals surface area contributed by atoms with Gasteiger partial charge >= 0.3 is 0 Å². The van der Waals surface area contributed by atoms with Crippen LogP contribution in [0.25, 0.3) is 0 Å². The summed E-state index contributed by atoms with van der Waals surface area (Å²) >= 11 is 0. The van der Waals surface area contributed by atoms with Gasteiger partial charge in [0, 0.05) is 0 Å². The van der Waals surface area contributed by atoms with E-state index >= 15 is 0 Å². The van der Waals surface area contributed by atoms with E-state index in [1.807, 2.05) is 0 Å². The molecule has 0 saturated carbocycles. The number of allylic oxidation sites excluding steroid dienone is 2. The molecule has 1 aliphatic heterocycles. The van der Waals surface area contributed by atoms with Crippen molar-refractivity contribution in [3.63, 3.8) is 0 Å². The number of hydrogen-bond acceptors (Lipinski definition) is 1. The minimum Gasteiger partial charge on any atom is -0.414 e. The molecule has 0 aromatic carbocycles. The summed E-state index contributed by atoms with van der Waals surface area (Å²) in [5.74, 6) is 0. The maximum Gasteiger partial charge on any atom is 0.180 e. The minimum atomic E-state index is -1.58. The van der Waals surface area contributed by atoms with Gasteiger partial charge in [-0.3, -0.25) is 0 Å². The van der Waals surface area contributed by atoms with E-state index < -0.39 is 15.4 Å². The summed E-state index contributed by atoms with van der Waals surface area (Å²) in [6.07, 6.45) is 9.92. The third-order valence-electron chi connectivity index (χ3n) is 6.54. The quantitative estimate of drug-likeness (QED) is 0.321. The van der Waals surface area contributed by atoms with Crippen LogP contribution in [0.5, 0.6) is 0 Å². The minimum absolute atomic E-state index is 0.126. The molecule has 128 valence electrons. The normalized spacial score (nSPS) is 22.2. The molecule has 22 heavy (non-hydrogen) atoms. The van der Waals surface area contributed by atoms with Gasteiger partial charge in [0.25, 0.3) is 0 Å². The van der Waals surface area contributed by atoms with Gasteiger partial charge in [-0.1, -0.05) is 58.0 Å². The molecule has 3 heteroatoms. The lowest BCUT2D eigenvalue weighted by molar-refractivity contribution is 0.0338. The van der Waals surface area contributed by atoms with Crippen molar-refractivity contribution in [2.24, 2.45) is 0 Å². The second kappa shape index (κ2) is 8.65. The van der Waals surface area contributed by atoms with E-state index in [9.17, 15) is 0 Å². The van der Waals surface area contributed by atoms with Crippen molar-refractivity contribution in [1.29, 1.82) is 0 Å². The van der Waals surface area contributed by atoms with Crippen LogP contribution in [-0.2, 0) is 4.43 Å². The molecule has 0 aliphatic carbocycles. The fraction of sp³-hybridized carbons (Fsp3) is 0.789. The molecule has 1 rings (SSSR count). The Bertz CT molecular complexity index is 344. The highest BCUT2D eigenvalue weighted by atomic mass is 29.3. The first-order valence-corrected chi connectivity index (χ1v) is 15.4. The third kappa shape index (κ3) is 3.68. The van der Waals surface area contributed by atoms with Gasteiger partial charge in [0.1, 0.15) is 0 Å². The zero-order valence-corrected chi connectivity index (χ0v) is 17.5. The standard InChI is InChI=1S/C19H38OSi2/c1-7-13-15-19(16-14-8-2)17-18-21(9-3,10-4)22(11-5,12-6)20-19/h7-8H,1-2,9-18H2,3-6H3. The van der Waals surface area contributed by atoms with Crippen molar-refractivity contribution >= 4 is 15.4 Å². The molecule has 0 aromatic heterocycles. The van der Waals surface area contributed by atoms with E-state index in [2.05, 4.69) is 53.0 Å². The van der Waals surface area contributed by atoms with Crippen LogP contribution >= 0.6 is 0 Å². The topological polar surface area (TPSA) is 9.23 Å². The van der Waals surface area contributed by atoms with Gasteiger partial charge in [0.05, 0.1) is 13.2 Å². The lowest BCUT2D eigenvalue weighted by Gasteiger charge is -2.57. The Morgan fingerprint density at radius 2 is 1.41 bits per heavy atom. The Hall–Kier alpha value is -0.126. The van der Waals surface area contributed by atoms with Gasteiger partial charge in [-0.2, -0.15) is 0 Å². The fourth-order valence-electron chi connectivity index (χ4n) is 4.87. The van der Waals surface area contributed by atoms with E-state index in [4.69, 9.17) is 4.43 Å². The summed E-state index contributed by atoms with van der Waals surface area (Å²) in [4.78, 5) is 0. The van der Waals surface area contributed by atoms with Crippen molar-refractivity contribution in [3.8, 4) is 0 Å². The summed E-state index contributed by atoms with van der Waals surface area (Å²) < 4.78 is 7.27. The molecule has 0 aromatic rings. The molecule has 0 amide bonds. The molecule has 1 heterocycles. The van der Waals surface area contributed by atoms with Crippen molar-refractivity contribution in [2.75, 3.05) is 0 Å². The Morgan fingerprint density at radius 3 is 1.77 bits per heavy atom. The Kier molecular flexibility index (Phi) is 7.83. The Labute approximate surface area is 141 Å². The molecular formula is C19H38OSi2. The second-order valence-electron chi connectivity index (χ2n) is 7.13. The Balaban J connectivity index is 3.14. The van der Waals surface area contributed by atoms with Gasteiger partial charge in [0.15, 0.2) is 7.83 Å². The van der Waals surface area contributed by atoms with Gasteiger partial charge < -0.3 is 4.43 Å². The lowest BCUT2D eigenvalue weighted by atomic mass is 9.89. The maximum atomic E-state index is 7.27. The zero-order valence-electron chi connectivity index (χ0n) is 15.5. The van der Waals surface area contributed by atoms with E-state index in [0.29, 0.717) is 0 Å². The third-order valence-corrected chi connectivity index (χ3v) is 26.6. The highest BCUT2D eigenvalue weighted by Gasteiger charge is 2.58. The van der Waals surface area contributed by atoms with Crippen molar-refractivity contribution in [3.05, 3.63) is 25.3 Å². The van der Waals surface area contributed by atoms with Crippen LogP contribution in [0.1, 0.15) is 59.8 Å². The molecule has 0 spiro atoms. The molecule has 1 fully saturated rings. The second-order valence-corrected chi connectivity index (χ2v) is 21.1. The predicted molar refractivity (Wildman–Crippen MR) is 106 cm³/mol. The first-order chi connectivity index (χ1) is 10.5. The molecule has 0 unspecified atom stereocenters. The monoisotopic (exact) mass is 338 g/mol. The van der Waals surface area contributed by atoms with E-state index in [0.717, 1.165) is 25.7 Å². The first-order valence-electron chi connectivity index (χ1n) is 9.45. The number of rotatable bonds is 10. The van der Waals surface area contributed by atoms with Crippen molar-refractivity contribution < 1.29 is 4.43 Å². The molecule has 0 N–H and O–H groups in total. The van der Waals surface area contributed by atoms with E-state index in [-0.39, 0.29) is 5.60 Å². The van der Waals surface area contributed by atoms with Crippen LogP contribution in [0.4, 0.5) is 0 Å². The summed E-state index contributed by atoms with van der Waals surface area (Å²) in [5.41, 5.74) is 0.126. The number of hydrogen-bond donors (Lipinski definition) is 0. The molecule has 1 nitrogen and oxygen atoms in total.